The van der Waals surface area contributed by atoms with Crippen LogP contribution < -0.4 is 0 Å². The van der Waals surface area contributed by atoms with Gasteiger partial charge >= 0.3 is 0 Å². The molecule has 6 rings (SSSR count). The number of pyridine rings is 1. The van der Waals surface area contributed by atoms with E-state index >= 15 is 0 Å². The minimum absolute atomic E-state index is 0.00147. The van der Waals surface area contributed by atoms with E-state index in [9.17, 15) is 9.59 Å². The second-order valence-corrected chi connectivity index (χ2v) is 7.97. The third-order valence-electron chi connectivity index (χ3n) is 5.99. The van der Waals surface area contributed by atoms with Crippen LogP contribution in [0, 0.1) is 5.92 Å². The van der Waals surface area contributed by atoms with E-state index in [1.54, 1.807) is 24.5 Å². The standard InChI is InChI=1S/C22H23N5O2/c28-21(10-20-24-18-5-1-2-6-19(18)25-20)27-13-15-7-8-17(27)14-26(12-15)22(29)16-4-3-9-23-11-16/h1-6,9,11,15,17H,7-8,10,12-14H2,(H,24,25)/t15-,17+/m0/s1. The highest BCUT2D eigenvalue weighted by Crippen LogP contribution is 2.29. The lowest BCUT2D eigenvalue weighted by Crippen LogP contribution is -2.48. The van der Waals surface area contributed by atoms with Crippen molar-refractivity contribution in [2.24, 2.45) is 5.92 Å². The summed E-state index contributed by atoms with van der Waals surface area (Å²) in [6.45, 7) is 1.98. The first kappa shape index (κ1) is 17.8. The van der Waals surface area contributed by atoms with Gasteiger partial charge in [-0.15, -0.1) is 0 Å². The molecule has 1 N–H and O–H groups in total. The molecule has 0 unspecified atom stereocenters. The number of aromatic amines is 1. The summed E-state index contributed by atoms with van der Waals surface area (Å²) in [5.74, 6) is 1.09. The van der Waals surface area contributed by atoms with E-state index in [1.165, 1.54) is 0 Å². The van der Waals surface area contributed by atoms with Crippen LogP contribution in [0.3, 0.4) is 0 Å². The highest BCUT2D eigenvalue weighted by atomic mass is 16.2. The maximum absolute atomic E-state index is 13.1. The second kappa shape index (κ2) is 7.31. The van der Waals surface area contributed by atoms with Gasteiger partial charge in [0.15, 0.2) is 0 Å². The predicted molar refractivity (Wildman–Crippen MR) is 108 cm³/mol. The molecule has 1 aromatic carbocycles. The Morgan fingerprint density at radius 3 is 2.79 bits per heavy atom. The van der Waals surface area contributed by atoms with Gasteiger partial charge in [0.1, 0.15) is 5.82 Å². The molecule has 5 heterocycles. The van der Waals surface area contributed by atoms with Crippen molar-refractivity contribution in [3.8, 4) is 0 Å². The van der Waals surface area contributed by atoms with E-state index in [0.717, 1.165) is 23.9 Å². The fourth-order valence-electron chi connectivity index (χ4n) is 4.56. The summed E-state index contributed by atoms with van der Waals surface area (Å²) >= 11 is 0. The summed E-state index contributed by atoms with van der Waals surface area (Å²) in [7, 11) is 0. The van der Waals surface area contributed by atoms with Crippen LogP contribution in [0.5, 0.6) is 0 Å². The van der Waals surface area contributed by atoms with Gasteiger partial charge in [-0.25, -0.2) is 4.98 Å². The third kappa shape index (κ3) is 3.48. The van der Waals surface area contributed by atoms with Gasteiger partial charge in [0.2, 0.25) is 5.91 Å². The first-order valence-electron chi connectivity index (χ1n) is 10.1. The molecule has 0 aliphatic carbocycles. The van der Waals surface area contributed by atoms with Crippen LogP contribution >= 0.6 is 0 Å². The minimum Gasteiger partial charge on any atom is -0.342 e. The van der Waals surface area contributed by atoms with Crippen LogP contribution in [0.15, 0.2) is 48.8 Å². The molecule has 148 valence electrons. The summed E-state index contributed by atoms with van der Waals surface area (Å²) in [6.07, 6.45) is 5.53. The zero-order chi connectivity index (χ0) is 19.8. The van der Waals surface area contributed by atoms with Crippen molar-refractivity contribution in [2.75, 3.05) is 19.6 Å². The molecule has 3 fully saturated rings. The molecule has 7 heteroatoms. The number of fused-ring (bicyclic) bond motifs is 5. The number of rotatable bonds is 3. The number of nitrogens with one attached hydrogen (secondary N) is 1. The molecule has 3 aliphatic rings. The number of hydrogen-bond acceptors (Lipinski definition) is 4. The number of amides is 2. The molecule has 0 saturated carbocycles. The van der Waals surface area contributed by atoms with Crippen molar-refractivity contribution < 1.29 is 9.59 Å². The Morgan fingerprint density at radius 1 is 1.07 bits per heavy atom. The molecule has 3 saturated heterocycles. The SMILES string of the molecule is O=C(c1cccnc1)N1C[C@@H]2CC[C@H](C1)N(C(=O)Cc1nc3ccccc3[nH]1)C2. The Labute approximate surface area is 168 Å². The Morgan fingerprint density at radius 2 is 1.97 bits per heavy atom. The maximum atomic E-state index is 13.1. The molecule has 2 amide bonds. The number of para-hydroxylation sites is 2. The molecule has 0 radical (unpaired) electrons. The lowest BCUT2D eigenvalue weighted by molar-refractivity contribution is -0.134. The van der Waals surface area contributed by atoms with Crippen molar-refractivity contribution in [3.05, 3.63) is 60.2 Å². The van der Waals surface area contributed by atoms with Crippen LogP contribution in [0.25, 0.3) is 11.0 Å². The molecule has 0 spiro atoms. The van der Waals surface area contributed by atoms with Gasteiger partial charge in [-0.05, 0) is 43.0 Å². The monoisotopic (exact) mass is 389 g/mol. The molecular formula is C22H23N5O2. The Balaban J connectivity index is 1.31. The Hall–Kier alpha value is -3.22. The first-order valence-corrected chi connectivity index (χ1v) is 10.1. The zero-order valence-corrected chi connectivity index (χ0v) is 16.1. The average Bonchev–Trinajstić information content (AvgIpc) is 2.93. The Bertz CT molecular complexity index is 1010. The Kier molecular flexibility index (Phi) is 4.50. The fourth-order valence-corrected chi connectivity index (χ4v) is 4.56. The highest BCUT2D eigenvalue weighted by Gasteiger charge is 2.38. The van der Waals surface area contributed by atoms with Gasteiger partial charge in [0, 0.05) is 38.1 Å². The second-order valence-electron chi connectivity index (χ2n) is 7.97. The van der Waals surface area contributed by atoms with Gasteiger partial charge < -0.3 is 14.8 Å². The van der Waals surface area contributed by atoms with Crippen LogP contribution in [-0.2, 0) is 11.2 Å². The molecule has 2 atom stereocenters. The minimum atomic E-state index is 0.00147. The zero-order valence-electron chi connectivity index (χ0n) is 16.1. The van der Waals surface area contributed by atoms with E-state index in [1.807, 2.05) is 34.1 Å². The smallest absolute Gasteiger partial charge is 0.255 e. The van der Waals surface area contributed by atoms with Crippen LogP contribution in [0.2, 0.25) is 0 Å². The third-order valence-corrected chi connectivity index (χ3v) is 5.99. The summed E-state index contributed by atoms with van der Waals surface area (Å²) in [6, 6.07) is 11.4. The lowest BCUT2D eigenvalue weighted by Gasteiger charge is -2.36. The molecule has 3 aliphatic heterocycles. The van der Waals surface area contributed by atoms with E-state index in [0.29, 0.717) is 36.9 Å². The average molecular weight is 389 g/mol. The van der Waals surface area contributed by atoms with Crippen molar-refractivity contribution in [3.63, 3.8) is 0 Å². The van der Waals surface area contributed by atoms with Gasteiger partial charge in [0.05, 0.1) is 23.0 Å². The van der Waals surface area contributed by atoms with Crippen LogP contribution in [0.1, 0.15) is 29.0 Å². The summed E-state index contributed by atoms with van der Waals surface area (Å²) in [5, 5.41) is 0. The largest absolute Gasteiger partial charge is 0.342 e. The van der Waals surface area contributed by atoms with E-state index in [-0.39, 0.29) is 24.3 Å². The number of nitrogens with zero attached hydrogens (tertiary/aromatic N) is 4. The molecular weight excluding hydrogens is 366 g/mol. The number of H-pyrrole nitrogens is 1. The summed E-state index contributed by atoms with van der Waals surface area (Å²) in [5.41, 5.74) is 2.43. The molecule has 2 aromatic heterocycles. The first-order chi connectivity index (χ1) is 14.2. The van der Waals surface area contributed by atoms with Crippen molar-refractivity contribution >= 4 is 22.8 Å². The van der Waals surface area contributed by atoms with Crippen molar-refractivity contribution in [2.45, 2.75) is 25.3 Å². The normalized spacial score (nSPS) is 21.4. The number of hydrogen-bond donors (Lipinski definition) is 1. The van der Waals surface area contributed by atoms with Gasteiger partial charge in [0.25, 0.3) is 5.91 Å². The number of aromatic nitrogens is 3. The van der Waals surface area contributed by atoms with Crippen molar-refractivity contribution in [1.82, 2.24) is 24.8 Å². The van der Waals surface area contributed by atoms with Crippen molar-refractivity contribution in [1.29, 1.82) is 0 Å². The predicted octanol–water partition coefficient (Wildman–Crippen LogP) is 2.26. The molecule has 7 nitrogen and oxygen atoms in total. The summed E-state index contributed by atoms with van der Waals surface area (Å²) in [4.78, 5) is 41.7. The molecule has 3 aromatic rings. The quantitative estimate of drug-likeness (QED) is 0.745. The summed E-state index contributed by atoms with van der Waals surface area (Å²) < 4.78 is 0. The lowest BCUT2D eigenvalue weighted by atomic mass is 9.94. The van der Waals surface area contributed by atoms with Crippen LogP contribution in [-0.4, -0.2) is 62.2 Å². The van der Waals surface area contributed by atoms with E-state index in [2.05, 4.69) is 15.0 Å². The molecule has 2 bridgehead atoms. The topological polar surface area (TPSA) is 82.2 Å². The van der Waals surface area contributed by atoms with Gasteiger partial charge in [-0.1, -0.05) is 12.1 Å². The van der Waals surface area contributed by atoms with Gasteiger partial charge in [-0.3, -0.25) is 14.6 Å². The number of imidazole rings is 1. The number of piperidine rings is 1. The molecule has 29 heavy (non-hydrogen) atoms. The fraction of sp³-hybridized carbons (Fsp3) is 0.364. The number of benzene rings is 1. The van der Waals surface area contributed by atoms with E-state index < -0.39 is 0 Å². The number of carbonyl (C=O) groups excluding carboxylic acids is 2. The highest BCUT2D eigenvalue weighted by molar-refractivity contribution is 5.94. The maximum Gasteiger partial charge on any atom is 0.255 e. The van der Waals surface area contributed by atoms with Gasteiger partial charge in [-0.2, -0.15) is 0 Å². The number of carbonyl (C=O) groups is 2. The van der Waals surface area contributed by atoms with E-state index in [4.69, 9.17) is 0 Å². The van der Waals surface area contributed by atoms with Crippen LogP contribution in [0.4, 0.5) is 0 Å².